The second-order valence-electron chi connectivity index (χ2n) is 23.9. The highest BCUT2D eigenvalue weighted by Crippen LogP contribution is 2.25. The number of carbonyl (C=O) groups is 2. The molecule has 6 heteroatoms. The third-order valence-corrected chi connectivity index (χ3v) is 16.5. The average molecular weight is 1030 g/mol. The Hall–Kier alpha value is -1.40. The summed E-state index contributed by atoms with van der Waals surface area (Å²) in [4.78, 5) is 24.7. The van der Waals surface area contributed by atoms with Crippen LogP contribution in [0.4, 0.5) is 0 Å². The average Bonchev–Trinajstić information content (AvgIpc) is 3.46. The first-order valence-corrected chi connectivity index (χ1v) is 33.3. The van der Waals surface area contributed by atoms with Crippen LogP contribution < -0.4 is 0 Å². The summed E-state index contributed by atoms with van der Waals surface area (Å²) in [5.41, 5.74) is -1.12. The molecule has 2 N–H and O–H groups in total. The lowest BCUT2D eigenvalue weighted by atomic mass is 9.92. The van der Waals surface area contributed by atoms with Crippen LogP contribution in [-0.4, -0.2) is 48.6 Å². The van der Waals surface area contributed by atoms with Gasteiger partial charge in [-0.3, -0.25) is 9.59 Å². The molecule has 1 fully saturated rings. The fourth-order valence-corrected chi connectivity index (χ4v) is 11.1. The normalized spacial score (nSPS) is 15.2. The van der Waals surface area contributed by atoms with Gasteiger partial charge >= 0.3 is 11.9 Å². The second-order valence-corrected chi connectivity index (χ2v) is 23.9. The molecule has 0 aromatic heterocycles. The topological polar surface area (TPSA) is 93.1 Å². The quantitative estimate of drug-likeness (QED) is 0.0358. The molecule has 1 saturated heterocycles. The van der Waals surface area contributed by atoms with Crippen LogP contribution in [0.25, 0.3) is 0 Å². The van der Waals surface area contributed by atoms with Gasteiger partial charge in [0.2, 0.25) is 0 Å². The van der Waals surface area contributed by atoms with Crippen molar-refractivity contribution in [2.45, 2.75) is 366 Å². The van der Waals surface area contributed by atoms with Crippen molar-refractivity contribution < 1.29 is 29.3 Å². The molecular formula is C67H128O6. The van der Waals surface area contributed by atoms with Gasteiger partial charge in [-0.2, -0.15) is 0 Å². The van der Waals surface area contributed by atoms with Crippen molar-refractivity contribution in [3.05, 3.63) is 12.2 Å². The number of aliphatic hydroxyl groups excluding tert-OH is 2. The van der Waals surface area contributed by atoms with Gasteiger partial charge in [0.25, 0.3) is 0 Å². The Balaban J connectivity index is 1.68. The van der Waals surface area contributed by atoms with Crippen LogP contribution in [0, 0.1) is 11.3 Å². The number of hydrogen-bond donors (Lipinski definition) is 2. The highest BCUT2D eigenvalue weighted by atomic mass is 16.6. The van der Waals surface area contributed by atoms with E-state index in [4.69, 9.17) is 9.47 Å². The van der Waals surface area contributed by atoms with E-state index in [1.165, 1.54) is 327 Å². The molecule has 0 aromatic carbocycles. The van der Waals surface area contributed by atoms with Gasteiger partial charge in [0.15, 0.2) is 0 Å². The van der Waals surface area contributed by atoms with E-state index in [1.54, 1.807) is 0 Å². The van der Waals surface area contributed by atoms with Crippen molar-refractivity contribution >= 4 is 11.9 Å². The first-order chi connectivity index (χ1) is 36.1. The monoisotopic (exact) mass is 1030 g/mol. The largest absolute Gasteiger partial charge is 0.465 e. The van der Waals surface area contributed by atoms with E-state index < -0.39 is 36.5 Å². The van der Waals surface area contributed by atoms with Crippen molar-refractivity contribution in [1.29, 1.82) is 0 Å². The van der Waals surface area contributed by atoms with Crippen LogP contribution >= 0.6 is 0 Å². The standard InChI is InChI=1S/C67H128O6/c1-2-3-4-5-6-7-8-9-10-11-12-13-14-15-16-17-18-19-20-21-22-23-24-25-26-27-28-29-30-31-32-33-34-35-36-37-38-39-40-41-42-43-44-45-46-47-48-49-50-51-52-53-54-55-56-57-58-64-59-65(70)72-62-67(60-68,61-69)63-73-66(64)71/h38-39,64,68-69H,2-37,40-63H2,1H3/b39-38+. The zero-order valence-electron chi connectivity index (χ0n) is 49.2. The molecule has 0 aliphatic carbocycles. The Morgan fingerprint density at radius 2 is 0.589 bits per heavy atom. The van der Waals surface area contributed by atoms with Gasteiger partial charge in [-0.15, -0.1) is 0 Å². The van der Waals surface area contributed by atoms with Gasteiger partial charge in [-0.05, 0) is 32.1 Å². The first-order valence-electron chi connectivity index (χ1n) is 33.3. The molecule has 6 nitrogen and oxygen atoms in total. The summed E-state index contributed by atoms with van der Waals surface area (Å²) in [6.07, 6.45) is 81.7. The summed E-state index contributed by atoms with van der Waals surface area (Å²) in [5.74, 6) is -1.40. The third-order valence-electron chi connectivity index (χ3n) is 16.5. The van der Waals surface area contributed by atoms with Crippen LogP contribution in [0.5, 0.6) is 0 Å². The number of cyclic esters (lactones) is 2. The number of carbonyl (C=O) groups excluding carboxylic acids is 2. The van der Waals surface area contributed by atoms with Gasteiger partial charge in [0.1, 0.15) is 13.2 Å². The summed E-state index contributed by atoms with van der Waals surface area (Å²) >= 11 is 0. The van der Waals surface area contributed by atoms with Gasteiger partial charge in [-0.1, -0.05) is 340 Å². The number of esters is 2. The minimum absolute atomic E-state index is 0.00361. The molecule has 1 heterocycles. The predicted octanol–water partition coefficient (Wildman–Crippen LogP) is 21.1. The van der Waals surface area contributed by atoms with Crippen molar-refractivity contribution in [3.63, 3.8) is 0 Å². The number of ether oxygens (including phenoxy) is 2. The Kier molecular flexibility index (Phi) is 54.2. The molecule has 1 unspecified atom stereocenters. The van der Waals surface area contributed by atoms with Gasteiger partial charge in [0, 0.05) is 0 Å². The van der Waals surface area contributed by atoms with E-state index in [-0.39, 0.29) is 19.6 Å². The van der Waals surface area contributed by atoms with E-state index in [1.807, 2.05) is 0 Å². The third kappa shape index (κ3) is 48.7. The fraction of sp³-hybridized carbons (Fsp3) is 0.940. The number of unbranched alkanes of at least 4 members (excludes halogenated alkanes) is 52. The zero-order valence-corrected chi connectivity index (χ0v) is 49.2. The smallest absolute Gasteiger partial charge is 0.309 e. The highest BCUT2D eigenvalue weighted by molar-refractivity contribution is 5.80. The van der Waals surface area contributed by atoms with Crippen LogP contribution in [0.1, 0.15) is 366 Å². The van der Waals surface area contributed by atoms with E-state index in [9.17, 15) is 19.8 Å². The Labute approximate surface area is 455 Å². The summed E-state index contributed by atoms with van der Waals surface area (Å²) in [6.45, 7) is 1.21. The Morgan fingerprint density at radius 1 is 0.356 bits per heavy atom. The second kappa shape index (κ2) is 56.8. The van der Waals surface area contributed by atoms with Crippen LogP contribution in [-0.2, 0) is 19.1 Å². The van der Waals surface area contributed by atoms with Crippen molar-refractivity contribution in [2.24, 2.45) is 11.3 Å². The maximum absolute atomic E-state index is 12.5. The number of aliphatic hydroxyl groups is 2. The summed E-state index contributed by atoms with van der Waals surface area (Å²) in [6, 6.07) is 0. The molecule has 73 heavy (non-hydrogen) atoms. The lowest BCUT2D eigenvalue weighted by Gasteiger charge is -2.27. The molecule has 0 radical (unpaired) electrons. The SMILES string of the molecule is CCCCCCCCCCCCCCCCCCCCCCCCCCCCCCCCCCCCC/C=C/CCCCCCCCCCCCCCCCCCCC1CC(=O)OCC(CO)(CO)COC1=O. The first kappa shape index (κ1) is 69.6. The molecule has 0 saturated carbocycles. The van der Waals surface area contributed by atoms with Crippen LogP contribution in [0.3, 0.4) is 0 Å². The number of allylic oxidation sites excluding steroid dienone is 2. The Bertz CT molecular complexity index is 1150. The molecule has 0 bridgehead atoms. The summed E-state index contributed by atoms with van der Waals surface area (Å²) in [5, 5.41) is 19.2. The van der Waals surface area contributed by atoms with Gasteiger partial charge < -0.3 is 19.7 Å². The highest BCUT2D eigenvalue weighted by Gasteiger charge is 2.36. The summed E-state index contributed by atoms with van der Waals surface area (Å²) < 4.78 is 10.6. The molecule has 0 amide bonds. The molecule has 432 valence electrons. The van der Waals surface area contributed by atoms with Crippen LogP contribution in [0.15, 0.2) is 12.2 Å². The molecule has 1 aliphatic rings. The van der Waals surface area contributed by atoms with E-state index in [2.05, 4.69) is 19.1 Å². The summed E-state index contributed by atoms with van der Waals surface area (Å²) in [7, 11) is 0. The van der Waals surface area contributed by atoms with Crippen molar-refractivity contribution in [1.82, 2.24) is 0 Å². The number of hydrogen-bond acceptors (Lipinski definition) is 6. The van der Waals surface area contributed by atoms with Gasteiger partial charge in [0.05, 0.1) is 31.0 Å². The molecule has 1 aliphatic heterocycles. The van der Waals surface area contributed by atoms with Gasteiger partial charge in [-0.25, -0.2) is 0 Å². The van der Waals surface area contributed by atoms with E-state index >= 15 is 0 Å². The van der Waals surface area contributed by atoms with Crippen LogP contribution in [0.2, 0.25) is 0 Å². The Morgan fingerprint density at radius 3 is 0.849 bits per heavy atom. The minimum Gasteiger partial charge on any atom is -0.465 e. The lowest BCUT2D eigenvalue weighted by molar-refractivity contribution is -0.155. The minimum atomic E-state index is -1.12. The molecular weight excluding hydrogens is 901 g/mol. The fourth-order valence-electron chi connectivity index (χ4n) is 11.1. The zero-order chi connectivity index (χ0) is 52.5. The lowest BCUT2D eigenvalue weighted by Crippen LogP contribution is -2.40. The molecule has 0 aromatic rings. The number of rotatable bonds is 58. The maximum Gasteiger partial charge on any atom is 0.309 e. The molecule has 1 atom stereocenters. The molecule has 0 spiro atoms. The molecule has 1 rings (SSSR count). The van der Waals surface area contributed by atoms with E-state index in [0.717, 1.165) is 19.3 Å². The van der Waals surface area contributed by atoms with E-state index in [0.29, 0.717) is 6.42 Å². The predicted molar refractivity (Wildman–Crippen MR) is 315 cm³/mol. The van der Waals surface area contributed by atoms with Crippen molar-refractivity contribution in [2.75, 3.05) is 26.4 Å². The van der Waals surface area contributed by atoms with Crippen molar-refractivity contribution in [3.8, 4) is 0 Å². The maximum atomic E-state index is 12.5.